The summed E-state index contributed by atoms with van der Waals surface area (Å²) in [5.74, 6) is 2.46. The van der Waals surface area contributed by atoms with Gasteiger partial charge in [0.15, 0.2) is 11.6 Å². The van der Waals surface area contributed by atoms with Crippen LogP contribution in [0, 0.1) is 5.92 Å². The Morgan fingerprint density at radius 1 is 1.56 bits per heavy atom. The molecular formula is C14H23N3O. The van der Waals surface area contributed by atoms with Crippen molar-refractivity contribution in [2.75, 3.05) is 38.6 Å². The summed E-state index contributed by atoms with van der Waals surface area (Å²) in [6.45, 7) is 6.20. The monoisotopic (exact) mass is 249 g/mol. The van der Waals surface area contributed by atoms with Gasteiger partial charge in [-0.05, 0) is 44.5 Å². The van der Waals surface area contributed by atoms with Gasteiger partial charge < -0.3 is 15.0 Å². The summed E-state index contributed by atoms with van der Waals surface area (Å²) in [5, 5.41) is 3.42. The van der Waals surface area contributed by atoms with Crippen LogP contribution < -0.4 is 10.1 Å². The Kier molecular flexibility index (Phi) is 4.81. The zero-order chi connectivity index (χ0) is 12.8. The van der Waals surface area contributed by atoms with Gasteiger partial charge >= 0.3 is 0 Å². The molecule has 0 amide bonds. The highest BCUT2D eigenvalue weighted by molar-refractivity contribution is 5.49. The average Bonchev–Trinajstić information content (AvgIpc) is 2.81. The summed E-state index contributed by atoms with van der Waals surface area (Å²) in [7, 11) is 2.18. The highest BCUT2D eigenvalue weighted by Gasteiger charge is 2.19. The van der Waals surface area contributed by atoms with Crippen molar-refractivity contribution in [1.29, 1.82) is 0 Å². The van der Waals surface area contributed by atoms with Crippen molar-refractivity contribution in [3.63, 3.8) is 0 Å². The lowest BCUT2D eigenvalue weighted by molar-refractivity contribution is 0.317. The van der Waals surface area contributed by atoms with Crippen LogP contribution in [0.4, 0.5) is 5.82 Å². The van der Waals surface area contributed by atoms with E-state index in [9.17, 15) is 0 Å². The fraction of sp³-hybridized carbons (Fsp3) is 0.643. The molecule has 1 atom stereocenters. The molecule has 18 heavy (non-hydrogen) atoms. The Balaban J connectivity index is 1.88. The van der Waals surface area contributed by atoms with Crippen LogP contribution >= 0.6 is 0 Å². The zero-order valence-corrected chi connectivity index (χ0v) is 11.4. The normalized spacial score (nSPS) is 20.0. The first-order valence-electron chi connectivity index (χ1n) is 6.80. The minimum absolute atomic E-state index is 0.719. The van der Waals surface area contributed by atoms with Crippen LogP contribution in [0.25, 0.3) is 0 Å². The molecule has 0 aromatic carbocycles. The first kappa shape index (κ1) is 13.1. The van der Waals surface area contributed by atoms with Gasteiger partial charge in [0.2, 0.25) is 0 Å². The van der Waals surface area contributed by atoms with Gasteiger partial charge in [0.25, 0.3) is 0 Å². The lowest BCUT2D eigenvalue weighted by Gasteiger charge is -2.14. The second-order valence-corrected chi connectivity index (χ2v) is 5.00. The maximum Gasteiger partial charge on any atom is 0.168 e. The highest BCUT2D eigenvalue weighted by atomic mass is 16.5. The van der Waals surface area contributed by atoms with Crippen LogP contribution in [0.15, 0.2) is 18.3 Å². The molecule has 4 heteroatoms. The smallest absolute Gasteiger partial charge is 0.168 e. The summed E-state index contributed by atoms with van der Waals surface area (Å²) in [4.78, 5) is 6.74. The quantitative estimate of drug-likeness (QED) is 0.839. The molecule has 100 valence electrons. The number of nitrogens with one attached hydrogen (secondary N) is 1. The fourth-order valence-corrected chi connectivity index (χ4v) is 2.29. The lowest BCUT2D eigenvalue weighted by atomic mass is 10.1. The van der Waals surface area contributed by atoms with Crippen LogP contribution in [0.3, 0.4) is 0 Å². The van der Waals surface area contributed by atoms with Crippen molar-refractivity contribution in [1.82, 2.24) is 9.88 Å². The van der Waals surface area contributed by atoms with Crippen molar-refractivity contribution >= 4 is 5.82 Å². The number of aromatic nitrogens is 1. The summed E-state index contributed by atoms with van der Waals surface area (Å²) in [6, 6.07) is 3.89. The standard InChI is InChI=1S/C14H23N3O/c1-3-9-18-13-5-4-7-15-14(13)16-10-12-6-8-17(2)11-12/h4-5,7,12H,3,6,8-11H2,1-2H3,(H,15,16). The number of ether oxygens (including phenoxy) is 1. The predicted octanol–water partition coefficient (Wildman–Crippen LogP) is 2.23. The van der Waals surface area contributed by atoms with E-state index >= 15 is 0 Å². The minimum atomic E-state index is 0.719. The van der Waals surface area contributed by atoms with Crippen LogP contribution in [0.2, 0.25) is 0 Å². The minimum Gasteiger partial charge on any atom is -0.490 e. The summed E-state index contributed by atoms with van der Waals surface area (Å²) in [6.07, 6.45) is 4.09. The van der Waals surface area contributed by atoms with Crippen LogP contribution in [0.5, 0.6) is 5.75 Å². The molecule has 2 heterocycles. The number of pyridine rings is 1. The van der Waals surface area contributed by atoms with Gasteiger partial charge in [-0.2, -0.15) is 0 Å². The number of rotatable bonds is 6. The number of nitrogens with zero attached hydrogens (tertiary/aromatic N) is 2. The largest absolute Gasteiger partial charge is 0.490 e. The summed E-state index contributed by atoms with van der Waals surface area (Å²) in [5.41, 5.74) is 0. The van der Waals surface area contributed by atoms with E-state index in [1.54, 1.807) is 0 Å². The molecular weight excluding hydrogens is 226 g/mol. The molecule has 0 aliphatic carbocycles. The molecule has 1 aromatic rings. The van der Waals surface area contributed by atoms with Gasteiger partial charge in [-0.25, -0.2) is 4.98 Å². The van der Waals surface area contributed by atoms with Crippen molar-refractivity contribution in [3.8, 4) is 5.75 Å². The molecule has 1 saturated heterocycles. The molecule has 1 aliphatic rings. The van der Waals surface area contributed by atoms with Crippen LogP contribution in [-0.4, -0.2) is 43.2 Å². The van der Waals surface area contributed by atoms with E-state index in [0.29, 0.717) is 0 Å². The fourth-order valence-electron chi connectivity index (χ4n) is 2.29. The zero-order valence-electron chi connectivity index (χ0n) is 11.4. The Morgan fingerprint density at radius 2 is 2.44 bits per heavy atom. The van der Waals surface area contributed by atoms with Gasteiger partial charge in [-0.15, -0.1) is 0 Å². The first-order chi connectivity index (χ1) is 8.79. The third-order valence-electron chi connectivity index (χ3n) is 3.28. The molecule has 0 radical (unpaired) electrons. The van der Waals surface area contributed by atoms with Crippen LogP contribution in [-0.2, 0) is 0 Å². The predicted molar refractivity (Wildman–Crippen MR) is 74.1 cm³/mol. The van der Waals surface area contributed by atoms with E-state index in [-0.39, 0.29) is 0 Å². The Bertz CT molecular complexity index is 370. The molecule has 4 nitrogen and oxygen atoms in total. The molecule has 1 aliphatic heterocycles. The number of hydrogen-bond donors (Lipinski definition) is 1. The molecule has 1 fully saturated rings. The van der Waals surface area contributed by atoms with Gasteiger partial charge in [0.1, 0.15) is 0 Å². The van der Waals surface area contributed by atoms with Crippen molar-refractivity contribution in [2.24, 2.45) is 5.92 Å². The Labute approximate surface area is 109 Å². The van der Waals surface area contributed by atoms with E-state index in [2.05, 4.69) is 29.2 Å². The summed E-state index contributed by atoms with van der Waals surface area (Å²) < 4.78 is 5.69. The maximum atomic E-state index is 5.69. The van der Waals surface area contributed by atoms with Gasteiger partial charge in [0.05, 0.1) is 6.61 Å². The van der Waals surface area contributed by atoms with Gasteiger partial charge in [0, 0.05) is 19.3 Å². The number of hydrogen-bond acceptors (Lipinski definition) is 4. The lowest BCUT2D eigenvalue weighted by Crippen LogP contribution is -2.19. The molecule has 1 aromatic heterocycles. The Morgan fingerprint density at radius 3 is 3.17 bits per heavy atom. The number of anilines is 1. The van der Waals surface area contributed by atoms with E-state index < -0.39 is 0 Å². The topological polar surface area (TPSA) is 37.4 Å². The molecule has 2 rings (SSSR count). The molecule has 0 spiro atoms. The maximum absolute atomic E-state index is 5.69. The van der Waals surface area contributed by atoms with Gasteiger partial charge in [-0.1, -0.05) is 6.92 Å². The SMILES string of the molecule is CCCOc1cccnc1NCC1CCN(C)C1. The molecule has 0 saturated carbocycles. The highest BCUT2D eigenvalue weighted by Crippen LogP contribution is 2.22. The summed E-state index contributed by atoms with van der Waals surface area (Å²) >= 11 is 0. The third-order valence-corrected chi connectivity index (χ3v) is 3.28. The van der Waals surface area contributed by atoms with E-state index in [1.165, 1.54) is 19.5 Å². The Hall–Kier alpha value is -1.29. The van der Waals surface area contributed by atoms with E-state index in [0.717, 1.165) is 37.1 Å². The van der Waals surface area contributed by atoms with Crippen molar-refractivity contribution in [2.45, 2.75) is 19.8 Å². The number of likely N-dealkylation sites (tertiary alicyclic amines) is 1. The van der Waals surface area contributed by atoms with Crippen molar-refractivity contribution < 1.29 is 4.74 Å². The molecule has 1 unspecified atom stereocenters. The third kappa shape index (κ3) is 3.60. The van der Waals surface area contributed by atoms with E-state index in [4.69, 9.17) is 4.74 Å². The second-order valence-electron chi connectivity index (χ2n) is 5.00. The van der Waals surface area contributed by atoms with Crippen LogP contribution in [0.1, 0.15) is 19.8 Å². The van der Waals surface area contributed by atoms with Crippen molar-refractivity contribution in [3.05, 3.63) is 18.3 Å². The first-order valence-corrected chi connectivity index (χ1v) is 6.80. The van der Waals surface area contributed by atoms with Gasteiger partial charge in [-0.3, -0.25) is 0 Å². The second kappa shape index (κ2) is 6.59. The van der Waals surface area contributed by atoms with E-state index in [1.807, 2.05) is 18.3 Å². The molecule has 0 bridgehead atoms. The molecule has 1 N–H and O–H groups in total. The average molecular weight is 249 g/mol.